The Morgan fingerprint density at radius 1 is 1.50 bits per heavy atom. The van der Waals surface area contributed by atoms with E-state index in [4.69, 9.17) is 0 Å². The first-order chi connectivity index (χ1) is 7.61. The molecule has 2 rings (SSSR count). The molecular formula is C10H10F2N2OS. The Hall–Kier alpha value is -1.04. The maximum absolute atomic E-state index is 12.6. The summed E-state index contributed by atoms with van der Waals surface area (Å²) in [6, 6.07) is 0. The predicted molar refractivity (Wildman–Crippen MR) is 56.0 cm³/mol. The minimum atomic E-state index is -2.47. The fourth-order valence-electron chi connectivity index (χ4n) is 1.73. The molecule has 1 unspecified atom stereocenters. The zero-order chi connectivity index (χ0) is 11.7. The van der Waals surface area contributed by atoms with Gasteiger partial charge >= 0.3 is 0 Å². The minimum Gasteiger partial charge on any atom is -0.294 e. The van der Waals surface area contributed by atoms with Gasteiger partial charge in [-0.15, -0.1) is 0 Å². The molecule has 1 aromatic rings. The van der Waals surface area contributed by atoms with Crippen molar-refractivity contribution in [3.8, 4) is 0 Å². The van der Waals surface area contributed by atoms with Gasteiger partial charge in [-0.2, -0.15) is 0 Å². The number of nitrogens with zero attached hydrogens (tertiary/aromatic N) is 2. The quantitative estimate of drug-likeness (QED) is 0.591. The van der Waals surface area contributed by atoms with Gasteiger partial charge in [0.1, 0.15) is 0 Å². The number of hydrogen-bond acceptors (Lipinski definition) is 4. The van der Waals surface area contributed by atoms with E-state index in [1.807, 2.05) is 0 Å². The van der Waals surface area contributed by atoms with Crippen molar-refractivity contribution in [2.24, 2.45) is 5.92 Å². The Kier molecular flexibility index (Phi) is 3.18. The van der Waals surface area contributed by atoms with Crippen LogP contribution >= 0.6 is 11.8 Å². The van der Waals surface area contributed by atoms with Crippen molar-refractivity contribution in [3.05, 3.63) is 17.5 Å². The number of fused-ring (bicyclic) bond motifs is 1. The molecule has 0 aliphatic heterocycles. The highest BCUT2D eigenvalue weighted by molar-refractivity contribution is 7.98. The molecule has 0 N–H and O–H groups in total. The van der Waals surface area contributed by atoms with Crippen LogP contribution in [0.4, 0.5) is 8.78 Å². The van der Waals surface area contributed by atoms with Crippen LogP contribution in [0.1, 0.15) is 22.5 Å². The van der Waals surface area contributed by atoms with Gasteiger partial charge in [0, 0.05) is 18.5 Å². The second-order valence-corrected chi connectivity index (χ2v) is 4.42. The van der Waals surface area contributed by atoms with Crippen LogP contribution in [-0.4, -0.2) is 28.4 Å². The highest BCUT2D eigenvalue weighted by Crippen LogP contribution is 2.28. The van der Waals surface area contributed by atoms with E-state index in [0.717, 1.165) is 0 Å². The number of alkyl halides is 2. The van der Waals surface area contributed by atoms with E-state index in [1.165, 1.54) is 18.0 Å². The maximum Gasteiger partial charge on any atom is 0.242 e. The standard InChI is InChI=1S/C10H10F2N2OS/c1-16-10-13-4-6-7(14-10)2-5(9(11)12)3-8(6)15/h4-5,9H,2-3H2,1H3. The molecule has 1 aliphatic carbocycles. The average molecular weight is 244 g/mol. The number of carbonyl (C=O) groups excluding carboxylic acids is 1. The summed E-state index contributed by atoms with van der Waals surface area (Å²) in [5.41, 5.74) is 0.857. The third-order valence-corrected chi connectivity index (χ3v) is 3.15. The monoisotopic (exact) mass is 244 g/mol. The molecule has 0 amide bonds. The summed E-state index contributed by atoms with van der Waals surface area (Å²) in [6.45, 7) is 0. The van der Waals surface area contributed by atoms with Gasteiger partial charge in [-0.1, -0.05) is 11.8 Å². The number of carbonyl (C=O) groups is 1. The van der Waals surface area contributed by atoms with Gasteiger partial charge in [-0.05, 0) is 12.7 Å². The van der Waals surface area contributed by atoms with Crippen molar-refractivity contribution in [3.63, 3.8) is 0 Å². The van der Waals surface area contributed by atoms with E-state index < -0.39 is 12.3 Å². The lowest BCUT2D eigenvalue weighted by Gasteiger charge is -2.21. The van der Waals surface area contributed by atoms with Crippen molar-refractivity contribution in [1.82, 2.24) is 9.97 Å². The summed E-state index contributed by atoms with van der Waals surface area (Å²) in [5, 5.41) is 0.515. The first-order valence-corrected chi connectivity index (χ1v) is 6.05. The fourth-order valence-corrected chi connectivity index (χ4v) is 2.09. The minimum absolute atomic E-state index is 0.105. The predicted octanol–water partition coefficient (Wildman–Crippen LogP) is 2.21. The third kappa shape index (κ3) is 2.07. The topological polar surface area (TPSA) is 42.9 Å². The summed E-state index contributed by atoms with van der Waals surface area (Å²) >= 11 is 1.33. The van der Waals surface area contributed by atoms with Crippen LogP contribution in [0.15, 0.2) is 11.4 Å². The summed E-state index contributed by atoms with van der Waals surface area (Å²) in [4.78, 5) is 19.7. The van der Waals surface area contributed by atoms with Gasteiger partial charge in [0.05, 0.1) is 11.3 Å². The largest absolute Gasteiger partial charge is 0.294 e. The van der Waals surface area contributed by atoms with Crippen LogP contribution in [0.25, 0.3) is 0 Å². The van der Waals surface area contributed by atoms with E-state index >= 15 is 0 Å². The molecule has 0 aromatic carbocycles. The summed E-state index contributed by atoms with van der Waals surface area (Å²) < 4.78 is 25.1. The normalized spacial score (nSPS) is 20.0. The lowest BCUT2D eigenvalue weighted by molar-refractivity contribution is 0.0590. The fraction of sp³-hybridized carbons (Fsp3) is 0.500. The number of rotatable bonds is 2. The average Bonchev–Trinajstić information content (AvgIpc) is 2.28. The molecule has 1 atom stereocenters. The lowest BCUT2D eigenvalue weighted by atomic mass is 9.87. The number of ketones is 1. The highest BCUT2D eigenvalue weighted by atomic mass is 32.2. The summed E-state index contributed by atoms with van der Waals surface area (Å²) in [7, 11) is 0. The molecule has 0 spiro atoms. The molecular weight excluding hydrogens is 234 g/mol. The van der Waals surface area contributed by atoms with Crippen molar-refractivity contribution in [1.29, 1.82) is 0 Å². The molecule has 0 radical (unpaired) electrons. The molecule has 3 nitrogen and oxygen atoms in total. The molecule has 0 saturated heterocycles. The van der Waals surface area contributed by atoms with Crippen LogP contribution < -0.4 is 0 Å². The number of aromatic nitrogens is 2. The van der Waals surface area contributed by atoms with E-state index in [9.17, 15) is 13.6 Å². The Morgan fingerprint density at radius 2 is 2.25 bits per heavy atom. The third-order valence-electron chi connectivity index (χ3n) is 2.59. The molecule has 1 aromatic heterocycles. The number of hydrogen-bond donors (Lipinski definition) is 0. The second kappa shape index (κ2) is 4.45. The molecule has 16 heavy (non-hydrogen) atoms. The summed E-state index contributed by atoms with van der Waals surface area (Å²) in [5.74, 6) is -1.18. The molecule has 6 heteroatoms. The van der Waals surface area contributed by atoms with Crippen molar-refractivity contribution >= 4 is 17.5 Å². The Labute approximate surface area is 95.7 Å². The smallest absolute Gasteiger partial charge is 0.242 e. The zero-order valence-corrected chi connectivity index (χ0v) is 9.43. The van der Waals surface area contributed by atoms with Crippen LogP contribution in [0.3, 0.4) is 0 Å². The number of thioether (sulfide) groups is 1. The first-order valence-electron chi connectivity index (χ1n) is 4.83. The molecule has 0 fully saturated rings. The molecule has 86 valence electrons. The maximum atomic E-state index is 12.6. The lowest BCUT2D eigenvalue weighted by Crippen LogP contribution is -2.26. The number of Topliss-reactive ketones (excluding diaryl/α,β-unsaturated/α-hetero) is 1. The van der Waals surface area contributed by atoms with Gasteiger partial charge in [-0.25, -0.2) is 18.7 Å². The van der Waals surface area contributed by atoms with Crippen molar-refractivity contribution < 1.29 is 13.6 Å². The Morgan fingerprint density at radius 3 is 2.88 bits per heavy atom. The zero-order valence-electron chi connectivity index (χ0n) is 8.61. The van der Waals surface area contributed by atoms with Crippen LogP contribution in [0.5, 0.6) is 0 Å². The SMILES string of the molecule is CSc1ncc2c(n1)CC(C(F)F)CC2=O. The van der Waals surface area contributed by atoms with Crippen molar-refractivity contribution in [2.75, 3.05) is 6.26 Å². The van der Waals surface area contributed by atoms with Gasteiger partial charge < -0.3 is 0 Å². The second-order valence-electron chi connectivity index (χ2n) is 3.64. The molecule has 1 heterocycles. The van der Waals surface area contributed by atoms with E-state index in [2.05, 4.69) is 9.97 Å². The van der Waals surface area contributed by atoms with Gasteiger partial charge in [0.2, 0.25) is 6.43 Å². The Balaban J connectivity index is 2.35. The van der Waals surface area contributed by atoms with E-state index in [1.54, 1.807) is 6.26 Å². The summed E-state index contributed by atoms with van der Waals surface area (Å²) in [6.07, 6.45) is 0.834. The Bertz CT molecular complexity index is 425. The molecule has 0 saturated carbocycles. The van der Waals surface area contributed by atoms with Crippen LogP contribution in [0.2, 0.25) is 0 Å². The van der Waals surface area contributed by atoms with Gasteiger partial charge in [0.25, 0.3) is 0 Å². The molecule has 0 bridgehead atoms. The van der Waals surface area contributed by atoms with Crippen LogP contribution in [-0.2, 0) is 6.42 Å². The highest BCUT2D eigenvalue weighted by Gasteiger charge is 2.32. The van der Waals surface area contributed by atoms with Gasteiger partial charge in [0.15, 0.2) is 10.9 Å². The van der Waals surface area contributed by atoms with Gasteiger partial charge in [-0.3, -0.25) is 4.79 Å². The first kappa shape index (κ1) is 11.4. The van der Waals surface area contributed by atoms with Crippen molar-refractivity contribution in [2.45, 2.75) is 24.4 Å². The molecule has 1 aliphatic rings. The van der Waals surface area contributed by atoms with E-state index in [-0.39, 0.29) is 18.6 Å². The van der Waals surface area contributed by atoms with E-state index in [0.29, 0.717) is 16.4 Å². The van der Waals surface area contributed by atoms with Crippen LogP contribution in [0, 0.1) is 5.92 Å². The number of halogens is 2.